The highest BCUT2D eigenvalue weighted by Crippen LogP contribution is 2.38. The molecule has 0 saturated carbocycles. The summed E-state index contributed by atoms with van der Waals surface area (Å²) in [6.45, 7) is 3.00. The SMILES string of the molecule is C#CC/C=C(\C=C/Cn1c2c(c3c(Cc4ccccc4C)cccc31)C=CCC2)c1ccc(N(c2ccc(-c3ccccc3)cc2)c2ccc(-c3ccccc3)cc2)cc1. The Hall–Kier alpha value is -7.34. The molecule has 1 heterocycles. The standard InChI is InChI=1S/C58H48N2/c1-3-4-18-44(25-16-41-59-56-27-14-13-26-55(56)58-51(24-15-28-57(58)59)42-50-23-12-11-17-43(50)2)47-29-35-52(36-30-47)60(53-37-31-48(32-38-53)45-19-7-5-8-20-45)54-39-33-49(34-40-54)46-21-9-6-10-22-46/h1,5-13,15-26,28-40H,4,14,27,41-42H2,2H3/b25-16-,44-18+. The van der Waals surface area contributed by atoms with Crippen molar-refractivity contribution < 1.29 is 0 Å². The fourth-order valence-electron chi connectivity index (χ4n) is 8.65. The van der Waals surface area contributed by atoms with Crippen molar-refractivity contribution in [2.45, 2.75) is 39.2 Å². The van der Waals surface area contributed by atoms with Gasteiger partial charge in [0.2, 0.25) is 0 Å². The lowest BCUT2D eigenvalue weighted by molar-refractivity contribution is 0.770. The maximum atomic E-state index is 5.83. The van der Waals surface area contributed by atoms with E-state index in [1.54, 1.807) is 0 Å². The van der Waals surface area contributed by atoms with Gasteiger partial charge in [-0.15, -0.1) is 12.3 Å². The number of aryl methyl sites for hydroxylation is 1. The van der Waals surface area contributed by atoms with Crippen LogP contribution in [0.15, 0.2) is 200 Å². The predicted octanol–water partition coefficient (Wildman–Crippen LogP) is 15.0. The molecule has 2 nitrogen and oxygen atoms in total. The number of rotatable bonds is 12. The monoisotopic (exact) mass is 772 g/mol. The molecule has 0 amide bonds. The molecular formula is C58H48N2. The van der Waals surface area contributed by atoms with Gasteiger partial charge < -0.3 is 9.47 Å². The van der Waals surface area contributed by atoms with Gasteiger partial charge in [0.05, 0.1) is 0 Å². The second kappa shape index (κ2) is 17.7. The summed E-state index contributed by atoms with van der Waals surface area (Å²) in [5, 5.41) is 1.38. The number of aromatic nitrogens is 1. The van der Waals surface area contributed by atoms with E-state index in [4.69, 9.17) is 6.42 Å². The third kappa shape index (κ3) is 8.04. The highest BCUT2D eigenvalue weighted by atomic mass is 15.1. The largest absolute Gasteiger partial charge is 0.340 e. The molecule has 0 saturated heterocycles. The van der Waals surface area contributed by atoms with Crippen LogP contribution in [-0.2, 0) is 19.4 Å². The number of anilines is 3. The van der Waals surface area contributed by atoms with Gasteiger partial charge in [-0.05, 0) is 119 Å². The lowest BCUT2D eigenvalue weighted by Crippen LogP contribution is -2.10. The first-order valence-corrected chi connectivity index (χ1v) is 21.0. The van der Waals surface area contributed by atoms with Gasteiger partial charge in [0.1, 0.15) is 0 Å². The Balaban J connectivity index is 1.02. The van der Waals surface area contributed by atoms with Gasteiger partial charge in [0.15, 0.2) is 0 Å². The minimum absolute atomic E-state index is 0.560. The van der Waals surface area contributed by atoms with Crippen molar-refractivity contribution >= 4 is 39.6 Å². The maximum Gasteiger partial charge on any atom is 0.0494 e. The molecule has 0 aliphatic heterocycles. The number of terminal acetylenes is 1. The van der Waals surface area contributed by atoms with Gasteiger partial charge in [0, 0.05) is 52.2 Å². The summed E-state index contributed by atoms with van der Waals surface area (Å²) in [6.07, 6.45) is 20.8. The average molecular weight is 773 g/mol. The van der Waals surface area contributed by atoms with E-state index in [1.807, 2.05) is 0 Å². The molecule has 7 aromatic carbocycles. The van der Waals surface area contributed by atoms with Crippen molar-refractivity contribution in [3.05, 3.63) is 234 Å². The van der Waals surface area contributed by atoms with Gasteiger partial charge in [-0.25, -0.2) is 0 Å². The summed E-state index contributed by atoms with van der Waals surface area (Å²) in [4.78, 5) is 2.33. The van der Waals surface area contributed by atoms with E-state index >= 15 is 0 Å². The van der Waals surface area contributed by atoms with Crippen LogP contribution >= 0.6 is 0 Å². The minimum Gasteiger partial charge on any atom is -0.340 e. The fraction of sp³-hybridized carbons (Fsp3) is 0.103. The Labute approximate surface area is 355 Å². The topological polar surface area (TPSA) is 8.17 Å². The van der Waals surface area contributed by atoms with Crippen LogP contribution < -0.4 is 4.90 Å². The molecule has 0 N–H and O–H groups in total. The van der Waals surface area contributed by atoms with Gasteiger partial charge in [-0.3, -0.25) is 0 Å². The Morgan fingerprint density at radius 3 is 1.82 bits per heavy atom. The zero-order valence-electron chi connectivity index (χ0n) is 34.1. The Kier molecular flexibility index (Phi) is 11.2. The Morgan fingerprint density at radius 1 is 0.633 bits per heavy atom. The van der Waals surface area contributed by atoms with Crippen LogP contribution in [0.2, 0.25) is 0 Å². The maximum absolute atomic E-state index is 5.83. The van der Waals surface area contributed by atoms with Gasteiger partial charge in [-0.1, -0.05) is 164 Å². The molecule has 0 fully saturated rings. The van der Waals surface area contributed by atoms with E-state index in [2.05, 4.69) is 229 Å². The van der Waals surface area contributed by atoms with Crippen molar-refractivity contribution in [3.63, 3.8) is 0 Å². The molecule has 0 atom stereocenters. The van der Waals surface area contributed by atoms with Crippen molar-refractivity contribution in [2.24, 2.45) is 0 Å². The second-order valence-corrected chi connectivity index (χ2v) is 15.5. The molecule has 1 aromatic heterocycles. The molecule has 2 heteroatoms. The highest BCUT2D eigenvalue weighted by molar-refractivity contribution is 5.95. The summed E-state index contributed by atoms with van der Waals surface area (Å²) < 4.78 is 2.53. The molecule has 0 radical (unpaired) electrons. The van der Waals surface area contributed by atoms with E-state index in [-0.39, 0.29) is 0 Å². The quantitative estimate of drug-likeness (QED) is 0.0887. The molecular weight excluding hydrogens is 725 g/mol. The lowest BCUT2D eigenvalue weighted by atomic mass is 9.94. The first-order valence-electron chi connectivity index (χ1n) is 21.0. The van der Waals surface area contributed by atoms with Gasteiger partial charge >= 0.3 is 0 Å². The van der Waals surface area contributed by atoms with E-state index < -0.39 is 0 Å². The van der Waals surface area contributed by atoms with Crippen molar-refractivity contribution in [1.29, 1.82) is 0 Å². The molecule has 60 heavy (non-hydrogen) atoms. The van der Waals surface area contributed by atoms with Crippen LogP contribution in [-0.4, -0.2) is 4.57 Å². The number of allylic oxidation sites excluding steroid dienone is 5. The zero-order chi connectivity index (χ0) is 40.7. The summed E-state index contributed by atoms with van der Waals surface area (Å²) in [5.41, 5.74) is 18.5. The molecule has 1 aliphatic rings. The molecule has 8 aromatic rings. The van der Waals surface area contributed by atoms with E-state index in [1.165, 1.54) is 61.1 Å². The second-order valence-electron chi connectivity index (χ2n) is 15.5. The first-order chi connectivity index (χ1) is 29.6. The highest BCUT2D eigenvalue weighted by Gasteiger charge is 2.20. The van der Waals surface area contributed by atoms with Crippen LogP contribution in [0, 0.1) is 19.3 Å². The van der Waals surface area contributed by atoms with Crippen molar-refractivity contribution in [3.8, 4) is 34.6 Å². The molecule has 0 spiro atoms. The third-order valence-corrected chi connectivity index (χ3v) is 11.7. The van der Waals surface area contributed by atoms with Crippen LogP contribution in [0.5, 0.6) is 0 Å². The smallest absolute Gasteiger partial charge is 0.0494 e. The van der Waals surface area contributed by atoms with Crippen LogP contribution in [0.4, 0.5) is 17.1 Å². The first kappa shape index (κ1) is 38.2. The number of hydrogen-bond donors (Lipinski definition) is 0. The number of benzene rings is 7. The number of hydrogen-bond acceptors (Lipinski definition) is 1. The number of nitrogens with zero attached hydrogens (tertiary/aromatic N) is 2. The molecule has 0 unspecified atom stereocenters. The molecule has 9 rings (SSSR count). The van der Waals surface area contributed by atoms with Crippen LogP contribution in [0.1, 0.15) is 46.4 Å². The van der Waals surface area contributed by atoms with Gasteiger partial charge in [-0.2, -0.15) is 0 Å². The van der Waals surface area contributed by atoms with E-state index in [9.17, 15) is 0 Å². The fourth-order valence-corrected chi connectivity index (χ4v) is 8.65. The third-order valence-electron chi connectivity index (χ3n) is 11.7. The molecule has 1 aliphatic carbocycles. The minimum atomic E-state index is 0.560. The van der Waals surface area contributed by atoms with Crippen molar-refractivity contribution in [2.75, 3.05) is 4.90 Å². The van der Waals surface area contributed by atoms with Gasteiger partial charge in [0.25, 0.3) is 0 Å². The van der Waals surface area contributed by atoms with E-state index in [0.29, 0.717) is 6.42 Å². The van der Waals surface area contributed by atoms with E-state index in [0.717, 1.165) is 54.0 Å². The molecule has 290 valence electrons. The summed E-state index contributed by atoms with van der Waals surface area (Å²) in [7, 11) is 0. The Bertz CT molecular complexity index is 2780. The Morgan fingerprint density at radius 2 is 1.20 bits per heavy atom. The average Bonchev–Trinajstić information content (AvgIpc) is 3.63. The summed E-state index contributed by atoms with van der Waals surface area (Å²) in [6, 6.07) is 63.3. The lowest BCUT2D eigenvalue weighted by Gasteiger charge is -2.26. The number of fused-ring (bicyclic) bond motifs is 3. The summed E-state index contributed by atoms with van der Waals surface area (Å²) >= 11 is 0. The summed E-state index contributed by atoms with van der Waals surface area (Å²) in [5.74, 6) is 2.84. The normalized spacial score (nSPS) is 12.4. The molecule has 0 bridgehead atoms. The van der Waals surface area contributed by atoms with Crippen LogP contribution in [0.3, 0.4) is 0 Å². The van der Waals surface area contributed by atoms with Crippen molar-refractivity contribution in [1.82, 2.24) is 4.57 Å². The van der Waals surface area contributed by atoms with Crippen LogP contribution in [0.25, 0.3) is 44.8 Å². The zero-order valence-corrected chi connectivity index (χ0v) is 34.1. The predicted molar refractivity (Wildman–Crippen MR) is 256 cm³/mol.